The highest BCUT2D eigenvalue weighted by Crippen LogP contribution is 2.31. The lowest BCUT2D eigenvalue weighted by molar-refractivity contribution is -0.113. The fourth-order valence-electron chi connectivity index (χ4n) is 2.36. The Kier molecular flexibility index (Phi) is 4.41. The second kappa shape index (κ2) is 5.87. The highest BCUT2D eigenvalue weighted by atomic mass is 79.9. The van der Waals surface area contributed by atoms with Gasteiger partial charge in [-0.25, -0.2) is 0 Å². The molecule has 0 saturated carbocycles. The fraction of sp³-hybridized carbons (Fsp3) is 0.353. The van der Waals surface area contributed by atoms with Crippen molar-refractivity contribution < 1.29 is 4.79 Å². The van der Waals surface area contributed by atoms with Crippen LogP contribution in [0.4, 0.5) is 0 Å². The smallest absolute Gasteiger partial charge is 0.185 e. The predicted molar refractivity (Wildman–Crippen MR) is 83.8 cm³/mol. The molecule has 0 aromatic heterocycles. The summed E-state index contributed by atoms with van der Waals surface area (Å²) in [6.07, 6.45) is 5.10. The third-order valence-electron chi connectivity index (χ3n) is 3.56. The number of benzene rings is 1. The van der Waals surface area contributed by atoms with Gasteiger partial charge in [0, 0.05) is 10.0 Å². The number of allylic oxidation sites excluding steroid dienone is 3. The molecule has 1 nitrogen and oxygen atoms in total. The molecule has 1 atom stereocenters. The highest BCUT2D eigenvalue weighted by molar-refractivity contribution is 9.10. The number of ketones is 1. The largest absolute Gasteiger partial charge is 0.289 e. The monoisotopic (exact) mass is 318 g/mol. The van der Waals surface area contributed by atoms with Gasteiger partial charge in [0.2, 0.25) is 0 Å². The average molecular weight is 319 g/mol. The lowest BCUT2D eigenvalue weighted by Crippen LogP contribution is -2.20. The van der Waals surface area contributed by atoms with E-state index in [2.05, 4.69) is 42.8 Å². The summed E-state index contributed by atoms with van der Waals surface area (Å²) in [5.74, 6) is 0.823. The van der Waals surface area contributed by atoms with E-state index in [1.165, 1.54) is 0 Å². The van der Waals surface area contributed by atoms with Crippen molar-refractivity contribution >= 4 is 27.8 Å². The minimum absolute atomic E-state index is 0.219. The molecule has 0 N–H and O–H groups in total. The summed E-state index contributed by atoms with van der Waals surface area (Å²) < 4.78 is 1.06. The van der Waals surface area contributed by atoms with Gasteiger partial charge in [0.1, 0.15) is 0 Å². The van der Waals surface area contributed by atoms with E-state index in [1.54, 1.807) is 0 Å². The van der Waals surface area contributed by atoms with E-state index in [-0.39, 0.29) is 5.78 Å². The van der Waals surface area contributed by atoms with Crippen LogP contribution in [0, 0.1) is 11.8 Å². The molecule has 1 aromatic rings. The molecule has 19 heavy (non-hydrogen) atoms. The number of Topliss-reactive ketones (excluding diaryl/α,β-unsaturated/α-hetero) is 1. The molecule has 100 valence electrons. The summed E-state index contributed by atoms with van der Waals surface area (Å²) in [6, 6.07) is 8.07. The van der Waals surface area contributed by atoms with E-state index in [0.29, 0.717) is 11.8 Å². The third kappa shape index (κ3) is 3.24. The average Bonchev–Trinajstić information content (AvgIpc) is 2.36. The first kappa shape index (κ1) is 14.3. The Hall–Kier alpha value is -1.15. The number of hydrogen-bond donors (Lipinski definition) is 0. The maximum Gasteiger partial charge on any atom is 0.185 e. The first-order valence-corrected chi connectivity index (χ1v) is 7.50. The predicted octanol–water partition coefficient (Wildman–Crippen LogP) is 5.02. The molecule has 0 aliphatic heterocycles. The molecule has 0 saturated heterocycles. The molecule has 2 rings (SSSR count). The fourth-order valence-corrected chi connectivity index (χ4v) is 2.62. The molecule has 1 aliphatic rings. The molecule has 1 aromatic carbocycles. The Morgan fingerprint density at radius 2 is 1.89 bits per heavy atom. The van der Waals surface area contributed by atoms with E-state index in [9.17, 15) is 4.79 Å². The van der Waals surface area contributed by atoms with Crippen LogP contribution in [-0.2, 0) is 4.79 Å². The summed E-state index contributed by atoms with van der Waals surface area (Å²) >= 11 is 3.43. The van der Waals surface area contributed by atoms with Crippen LogP contribution in [0.2, 0.25) is 0 Å². The summed E-state index contributed by atoms with van der Waals surface area (Å²) in [7, 11) is 0. The number of hydrogen-bond acceptors (Lipinski definition) is 1. The normalized spacial score (nSPS) is 21.9. The van der Waals surface area contributed by atoms with E-state index < -0.39 is 0 Å². The van der Waals surface area contributed by atoms with Crippen LogP contribution in [0.1, 0.15) is 32.8 Å². The van der Waals surface area contributed by atoms with Gasteiger partial charge >= 0.3 is 0 Å². The van der Waals surface area contributed by atoms with Gasteiger partial charge in [-0.05, 0) is 47.6 Å². The SMILES string of the molecule is CC(C)C1=CC[C@H](C)C(=Cc2ccc(Br)cc2)C1=O. The molecule has 0 fully saturated rings. The lowest BCUT2D eigenvalue weighted by Gasteiger charge is -2.23. The van der Waals surface area contributed by atoms with Crippen LogP contribution in [-0.4, -0.2) is 5.78 Å². The van der Waals surface area contributed by atoms with Crippen molar-refractivity contribution in [1.82, 2.24) is 0 Å². The van der Waals surface area contributed by atoms with Crippen LogP contribution in [0.15, 0.2) is 46.0 Å². The van der Waals surface area contributed by atoms with Crippen molar-refractivity contribution in [2.45, 2.75) is 27.2 Å². The molecule has 2 heteroatoms. The number of rotatable bonds is 2. The highest BCUT2D eigenvalue weighted by Gasteiger charge is 2.26. The summed E-state index contributed by atoms with van der Waals surface area (Å²) in [6.45, 7) is 6.28. The van der Waals surface area contributed by atoms with Crippen molar-refractivity contribution in [1.29, 1.82) is 0 Å². The van der Waals surface area contributed by atoms with Gasteiger partial charge in [0.25, 0.3) is 0 Å². The van der Waals surface area contributed by atoms with Crippen molar-refractivity contribution in [2.24, 2.45) is 11.8 Å². The molecule has 0 radical (unpaired) electrons. The molecule has 0 heterocycles. The Morgan fingerprint density at radius 3 is 2.47 bits per heavy atom. The Bertz CT molecular complexity index is 535. The van der Waals surface area contributed by atoms with Crippen molar-refractivity contribution in [3.8, 4) is 0 Å². The van der Waals surface area contributed by atoms with Crippen LogP contribution >= 0.6 is 15.9 Å². The number of carbonyl (C=O) groups is 1. The lowest BCUT2D eigenvalue weighted by atomic mass is 9.80. The molecule has 1 aliphatic carbocycles. The number of carbonyl (C=O) groups excluding carboxylic acids is 1. The van der Waals surface area contributed by atoms with Crippen LogP contribution in [0.5, 0.6) is 0 Å². The zero-order valence-corrected chi connectivity index (χ0v) is 13.2. The van der Waals surface area contributed by atoms with Crippen LogP contribution in [0.25, 0.3) is 6.08 Å². The Labute approximate surface area is 123 Å². The molecule has 0 unspecified atom stereocenters. The first-order chi connectivity index (χ1) is 8.99. The summed E-state index contributed by atoms with van der Waals surface area (Å²) in [4.78, 5) is 12.5. The number of halogens is 1. The van der Waals surface area contributed by atoms with Gasteiger partial charge in [-0.3, -0.25) is 4.79 Å². The Balaban J connectivity index is 2.35. The topological polar surface area (TPSA) is 17.1 Å². The molecule has 0 spiro atoms. The van der Waals surface area contributed by atoms with Gasteiger partial charge in [-0.1, -0.05) is 54.9 Å². The van der Waals surface area contributed by atoms with E-state index >= 15 is 0 Å². The minimum atomic E-state index is 0.219. The van der Waals surface area contributed by atoms with E-state index in [4.69, 9.17) is 0 Å². The molecule has 0 amide bonds. The maximum atomic E-state index is 12.5. The van der Waals surface area contributed by atoms with Gasteiger partial charge in [0.15, 0.2) is 5.78 Å². The third-order valence-corrected chi connectivity index (χ3v) is 4.09. The van der Waals surface area contributed by atoms with Gasteiger partial charge in [-0.15, -0.1) is 0 Å². The second-order valence-electron chi connectivity index (χ2n) is 5.43. The quantitative estimate of drug-likeness (QED) is 0.699. The molecule has 0 bridgehead atoms. The zero-order chi connectivity index (χ0) is 14.0. The molecular formula is C17H19BrO. The van der Waals surface area contributed by atoms with Gasteiger partial charge < -0.3 is 0 Å². The zero-order valence-electron chi connectivity index (χ0n) is 11.6. The minimum Gasteiger partial charge on any atom is -0.289 e. The van der Waals surface area contributed by atoms with Crippen LogP contribution < -0.4 is 0 Å². The molecular weight excluding hydrogens is 300 g/mol. The maximum absolute atomic E-state index is 12.5. The standard InChI is InChI=1S/C17H19BrO/c1-11(2)15-9-4-12(3)16(17(15)19)10-13-5-7-14(18)8-6-13/h5-12H,4H2,1-3H3/t12-/m0/s1. The summed E-state index contributed by atoms with van der Waals surface area (Å²) in [5.41, 5.74) is 2.98. The van der Waals surface area contributed by atoms with Gasteiger partial charge in [0.05, 0.1) is 0 Å². The van der Waals surface area contributed by atoms with Gasteiger partial charge in [-0.2, -0.15) is 0 Å². The van der Waals surface area contributed by atoms with Crippen molar-refractivity contribution in [2.75, 3.05) is 0 Å². The van der Waals surface area contributed by atoms with E-state index in [0.717, 1.165) is 27.6 Å². The second-order valence-corrected chi connectivity index (χ2v) is 6.35. The Morgan fingerprint density at radius 1 is 1.26 bits per heavy atom. The van der Waals surface area contributed by atoms with Crippen molar-refractivity contribution in [3.63, 3.8) is 0 Å². The first-order valence-electron chi connectivity index (χ1n) is 6.71. The summed E-state index contributed by atoms with van der Waals surface area (Å²) in [5, 5.41) is 0. The van der Waals surface area contributed by atoms with Crippen LogP contribution in [0.3, 0.4) is 0 Å². The van der Waals surface area contributed by atoms with E-state index in [1.807, 2.05) is 30.3 Å². The van der Waals surface area contributed by atoms with Crippen molar-refractivity contribution in [3.05, 3.63) is 51.5 Å².